The predicted octanol–water partition coefficient (Wildman–Crippen LogP) is 7.94. The first-order chi connectivity index (χ1) is 29.5. The van der Waals surface area contributed by atoms with E-state index in [1.165, 1.54) is 24.3 Å². The van der Waals surface area contributed by atoms with Gasteiger partial charge in [0.25, 0.3) is 11.8 Å². The van der Waals surface area contributed by atoms with E-state index in [2.05, 4.69) is 82.7 Å². The van der Waals surface area contributed by atoms with E-state index in [1.54, 1.807) is 48.5 Å². The molecular formula is C48H46N4O8S2. The van der Waals surface area contributed by atoms with Crippen molar-refractivity contribution in [3.63, 3.8) is 0 Å². The largest absolute Gasteiger partial charge is 0.744 e. The second-order valence-electron chi connectivity index (χ2n) is 14.0. The molecule has 2 heterocycles. The lowest BCUT2D eigenvalue weighted by molar-refractivity contribution is -0.693. The Balaban J connectivity index is 0.000000267. The first-order valence-electron chi connectivity index (χ1n) is 19.5. The Bertz CT molecular complexity index is 2600. The summed E-state index contributed by atoms with van der Waals surface area (Å²) in [5.41, 5.74) is 8.62. The molecule has 0 atom stereocenters. The fraction of sp³-hybridized carbons (Fsp3) is 0.125. The third-order valence-electron chi connectivity index (χ3n) is 9.49. The molecule has 0 radical (unpaired) electrons. The van der Waals surface area contributed by atoms with Gasteiger partial charge < -0.3 is 19.7 Å². The van der Waals surface area contributed by atoms with Crippen molar-refractivity contribution in [1.29, 1.82) is 0 Å². The van der Waals surface area contributed by atoms with Crippen LogP contribution in [0.4, 0.5) is 11.4 Å². The summed E-state index contributed by atoms with van der Waals surface area (Å²) in [5, 5.41) is 5.85. The molecule has 0 unspecified atom stereocenters. The monoisotopic (exact) mass is 870 g/mol. The zero-order valence-corrected chi connectivity index (χ0v) is 36.2. The number of carbonyl (C=O) groups excluding carboxylic acids is 2. The van der Waals surface area contributed by atoms with Gasteiger partial charge >= 0.3 is 0 Å². The molecule has 0 bridgehead atoms. The molecule has 0 fully saturated rings. The highest BCUT2D eigenvalue weighted by molar-refractivity contribution is 7.86. The smallest absolute Gasteiger partial charge is 0.255 e. The molecule has 2 N–H and O–H groups in total. The Labute approximate surface area is 362 Å². The summed E-state index contributed by atoms with van der Waals surface area (Å²) in [6.07, 6.45) is 8.21. The second kappa shape index (κ2) is 21.1. The number of pyridine rings is 2. The van der Waals surface area contributed by atoms with Crippen LogP contribution < -0.4 is 19.8 Å². The summed E-state index contributed by atoms with van der Waals surface area (Å²) >= 11 is 0. The van der Waals surface area contributed by atoms with E-state index in [-0.39, 0.29) is 21.6 Å². The Morgan fingerprint density at radius 3 is 0.968 bits per heavy atom. The third-order valence-corrected chi connectivity index (χ3v) is 11.2. The van der Waals surface area contributed by atoms with Crippen LogP contribution in [0, 0.1) is 13.8 Å². The summed E-state index contributed by atoms with van der Waals surface area (Å²) < 4.78 is 66.5. The highest BCUT2D eigenvalue weighted by Crippen LogP contribution is 2.23. The van der Waals surface area contributed by atoms with Gasteiger partial charge in [-0.15, -0.1) is 0 Å². The first-order valence-corrected chi connectivity index (χ1v) is 22.3. The van der Waals surface area contributed by atoms with Gasteiger partial charge in [0.05, 0.1) is 9.79 Å². The lowest BCUT2D eigenvalue weighted by atomic mass is 10.1. The number of aromatic nitrogens is 2. The molecule has 2 aromatic heterocycles. The maximum Gasteiger partial charge on any atom is 0.255 e. The fourth-order valence-electron chi connectivity index (χ4n) is 5.80. The molecule has 318 valence electrons. The van der Waals surface area contributed by atoms with Gasteiger partial charge in [0.15, 0.2) is 24.8 Å². The van der Waals surface area contributed by atoms with Crippen molar-refractivity contribution in [3.8, 4) is 22.3 Å². The molecule has 0 aliphatic rings. The minimum Gasteiger partial charge on any atom is -0.744 e. The SMILES string of the molecule is CC[n+]1ccc(-c2ccc(NC(=O)c3ccc(C(=O)Nc4ccc(-c5cc[n+](CC)cc5)cc4)cc3)cc2)cc1.Cc1ccc(S(=O)(=O)[O-])cc1.Cc1ccc(S(=O)(=O)[O-])cc1. The number of anilines is 2. The van der Waals surface area contributed by atoms with E-state index in [9.17, 15) is 35.5 Å². The molecule has 7 aromatic rings. The minimum absolute atomic E-state index is 0.178. The molecule has 12 nitrogen and oxygen atoms in total. The van der Waals surface area contributed by atoms with E-state index in [4.69, 9.17) is 0 Å². The van der Waals surface area contributed by atoms with Gasteiger partial charge in [0.2, 0.25) is 0 Å². The van der Waals surface area contributed by atoms with Crippen LogP contribution >= 0.6 is 0 Å². The van der Waals surface area contributed by atoms with Crippen molar-refractivity contribution in [2.24, 2.45) is 0 Å². The Hall–Kier alpha value is -6.84. The molecular weight excluding hydrogens is 825 g/mol. The van der Waals surface area contributed by atoms with Crippen LogP contribution in [0.1, 0.15) is 45.7 Å². The average Bonchev–Trinajstić information content (AvgIpc) is 3.27. The van der Waals surface area contributed by atoms with Gasteiger partial charge in [0.1, 0.15) is 33.3 Å². The third kappa shape index (κ3) is 13.6. The van der Waals surface area contributed by atoms with E-state index in [0.29, 0.717) is 22.5 Å². The van der Waals surface area contributed by atoms with Crippen molar-refractivity contribution in [3.05, 3.63) is 193 Å². The standard InChI is InChI=1S/C34H30N4O2.2C7H8O3S/c1-3-37-21-17-27(18-22-37)25-9-13-31(14-10-25)35-33(39)29-5-7-30(8-6-29)34(40)36-32-15-11-26(12-16-32)28-19-23-38(4-2)24-20-28;2*1-6-2-4-7(5-3-6)11(8,9)10/h5-24H,3-4H2,1-2H3;2*2-5H,1H3,(H,8,9,10). The summed E-state index contributed by atoms with van der Waals surface area (Å²) in [4.78, 5) is 25.2. The minimum atomic E-state index is -4.27. The maximum atomic E-state index is 12.8. The quantitative estimate of drug-likeness (QED) is 0.103. The number of benzene rings is 5. The van der Waals surface area contributed by atoms with Gasteiger partial charge in [-0.2, -0.15) is 0 Å². The van der Waals surface area contributed by atoms with E-state index in [0.717, 1.165) is 46.5 Å². The molecule has 14 heteroatoms. The van der Waals surface area contributed by atoms with E-state index < -0.39 is 20.2 Å². The molecule has 0 spiro atoms. The number of hydrogen-bond acceptors (Lipinski definition) is 8. The fourth-order valence-corrected chi connectivity index (χ4v) is 6.74. The van der Waals surface area contributed by atoms with Crippen molar-refractivity contribution in [1.82, 2.24) is 0 Å². The van der Waals surface area contributed by atoms with Crippen LogP contribution in [0.5, 0.6) is 0 Å². The van der Waals surface area contributed by atoms with Crippen LogP contribution in [0.3, 0.4) is 0 Å². The number of nitrogens with one attached hydrogen (secondary N) is 2. The molecule has 0 saturated carbocycles. The first kappa shape index (κ1) is 46.2. The lowest BCUT2D eigenvalue weighted by Crippen LogP contribution is -2.30. The van der Waals surface area contributed by atoms with Crippen molar-refractivity contribution >= 4 is 43.4 Å². The summed E-state index contributed by atoms with van der Waals surface area (Å²) in [5.74, 6) is -0.464. The van der Waals surface area contributed by atoms with Crippen LogP contribution in [-0.2, 0) is 33.3 Å². The summed E-state index contributed by atoms with van der Waals surface area (Å²) in [6.45, 7) is 9.71. The number of nitrogens with zero attached hydrogens (tertiary/aromatic N) is 2. The van der Waals surface area contributed by atoms with Crippen molar-refractivity contribution in [2.45, 2.75) is 50.6 Å². The molecule has 5 aromatic carbocycles. The Morgan fingerprint density at radius 1 is 0.435 bits per heavy atom. The Kier molecular flexibility index (Phi) is 15.7. The maximum absolute atomic E-state index is 12.8. The molecule has 7 rings (SSSR count). The number of hydrogen-bond donors (Lipinski definition) is 2. The van der Waals surface area contributed by atoms with Gasteiger partial charge in [-0.25, -0.2) is 26.0 Å². The zero-order valence-electron chi connectivity index (χ0n) is 34.6. The number of carbonyl (C=O) groups is 2. The number of amides is 2. The van der Waals surface area contributed by atoms with E-state index in [1.807, 2.05) is 62.4 Å². The molecule has 2 amide bonds. The van der Waals surface area contributed by atoms with E-state index >= 15 is 0 Å². The second-order valence-corrected chi connectivity index (χ2v) is 16.8. The zero-order chi connectivity index (χ0) is 44.9. The number of rotatable bonds is 10. The molecule has 0 saturated heterocycles. The van der Waals surface area contributed by atoms with Crippen molar-refractivity contribution in [2.75, 3.05) is 10.6 Å². The summed E-state index contributed by atoms with van der Waals surface area (Å²) in [7, 11) is -8.54. The predicted molar refractivity (Wildman–Crippen MR) is 236 cm³/mol. The van der Waals surface area contributed by atoms with Gasteiger partial charge in [-0.1, -0.05) is 59.7 Å². The normalized spacial score (nSPS) is 10.9. The topological polar surface area (TPSA) is 180 Å². The molecule has 0 aliphatic heterocycles. The highest BCUT2D eigenvalue weighted by Gasteiger charge is 2.11. The highest BCUT2D eigenvalue weighted by atomic mass is 32.2. The van der Waals surface area contributed by atoms with Gasteiger partial charge in [-0.3, -0.25) is 9.59 Å². The van der Waals surface area contributed by atoms with Crippen LogP contribution in [0.15, 0.2) is 180 Å². The van der Waals surface area contributed by atoms with Crippen LogP contribution in [0.2, 0.25) is 0 Å². The summed E-state index contributed by atoms with van der Waals surface area (Å²) in [6, 6.07) is 42.0. The van der Waals surface area contributed by atoms with Crippen LogP contribution in [-0.4, -0.2) is 37.8 Å². The average molecular weight is 871 g/mol. The molecule has 62 heavy (non-hydrogen) atoms. The van der Waals surface area contributed by atoms with Crippen molar-refractivity contribution < 1.29 is 44.7 Å². The van der Waals surface area contributed by atoms with Crippen LogP contribution in [0.25, 0.3) is 22.3 Å². The molecule has 0 aliphatic carbocycles. The Morgan fingerprint density at radius 2 is 0.710 bits per heavy atom. The number of aryl methyl sites for hydroxylation is 4. The van der Waals surface area contributed by atoms with Gasteiger partial charge in [0, 0.05) is 46.8 Å². The van der Waals surface area contributed by atoms with Gasteiger partial charge in [-0.05, 0) is 123 Å². The lowest BCUT2D eigenvalue weighted by Gasteiger charge is -2.09.